The maximum absolute atomic E-state index is 13.5. The summed E-state index contributed by atoms with van der Waals surface area (Å²) in [5.74, 6) is -0.454. The molecule has 6 heteroatoms. The highest BCUT2D eigenvalue weighted by atomic mass is 79.9. The molecule has 1 N–H and O–H groups in total. The van der Waals surface area contributed by atoms with Crippen LogP contribution in [0.2, 0.25) is 0 Å². The summed E-state index contributed by atoms with van der Waals surface area (Å²) in [5.41, 5.74) is 0. The average molecular weight is 277 g/mol. The summed E-state index contributed by atoms with van der Waals surface area (Å²) in [7, 11) is 0. The van der Waals surface area contributed by atoms with Gasteiger partial charge in [0.15, 0.2) is 17.4 Å². The summed E-state index contributed by atoms with van der Waals surface area (Å²) in [5, 5.41) is 9.23. The van der Waals surface area contributed by atoms with Gasteiger partial charge < -0.3 is 14.7 Å². The molecule has 2 rings (SSSR count). The molecule has 1 aromatic rings. The van der Waals surface area contributed by atoms with Gasteiger partial charge in [-0.2, -0.15) is 0 Å². The highest BCUT2D eigenvalue weighted by Gasteiger charge is 2.18. The highest BCUT2D eigenvalue weighted by Crippen LogP contribution is 2.28. The minimum Gasteiger partial charge on any atom is -0.505 e. The minimum atomic E-state index is -0.516. The second kappa shape index (κ2) is 4.32. The van der Waals surface area contributed by atoms with Crippen molar-refractivity contribution in [2.45, 2.75) is 0 Å². The van der Waals surface area contributed by atoms with Crippen molar-refractivity contribution in [2.24, 2.45) is 0 Å². The zero-order valence-electron chi connectivity index (χ0n) is 7.91. The zero-order chi connectivity index (χ0) is 10.8. The molecular formula is C9H10BrFN2O2. The Bertz CT molecular complexity index is 369. The first-order valence-electron chi connectivity index (χ1n) is 4.56. The number of nitrogens with zero attached hydrogens (tertiary/aromatic N) is 2. The van der Waals surface area contributed by atoms with Crippen LogP contribution >= 0.6 is 15.9 Å². The third kappa shape index (κ3) is 2.21. The first-order valence-corrected chi connectivity index (χ1v) is 5.35. The van der Waals surface area contributed by atoms with Gasteiger partial charge in [0.2, 0.25) is 0 Å². The lowest BCUT2D eigenvalue weighted by atomic mass is 10.3. The molecule has 1 aromatic heterocycles. The van der Waals surface area contributed by atoms with Crippen LogP contribution in [-0.2, 0) is 4.74 Å². The molecule has 0 saturated carbocycles. The van der Waals surface area contributed by atoms with Crippen LogP contribution in [0.1, 0.15) is 0 Å². The van der Waals surface area contributed by atoms with Crippen LogP contribution in [0.25, 0.3) is 0 Å². The number of aromatic hydroxyl groups is 1. The molecule has 0 radical (unpaired) electrons. The van der Waals surface area contributed by atoms with Gasteiger partial charge in [0.1, 0.15) is 4.60 Å². The smallest absolute Gasteiger partial charge is 0.169 e. The summed E-state index contributed by atoms with van der Waals surface area (Å²) in [4.78, 5) is 5.75. The van der Waals surface area contributed by atoms with E-state index in [2.05, 4.69) is 20.9 Å². The molecule has 0 aromatic carbocycles. The molecule has 0 amide bonds. The fraction of sp³-hybridized carbons (Fsp3) is 0.444. The second-order valence-electron chi connectivity index (χ2n) is 3.20. The van der Waals surface area contributed by atoms with E-state index in [1.165, 1.54) is 0 Å². The number of anilines is 1. The van der Waals surface area contributed by atoms with Crippen molar-refractivity contribution in [3.05, 3.63) is 16.5 Å². The molecule has 0 spiro atoms. The van der Waals surface area contributed by atoms with Gasteiger partial charge in [-0.25, -0.2) is 9.37 Å². The number of morpholine rings is 1. The Morgan fingerprint density at radius 3 is 2.80 bits per heavy atom. The summed E-state index contributed by atoms with van der Waals surface area (Å²) in [6.07, 6.45) is 0. The standard InChI is InChI=1S/C9H10BrFN2O2/c10-8-7(14)5-6(11)9(12-8)13-1-3-15-4-2-13/h5,14H,1-4H2. The van der Waals surface area contributed by atoms with E-state index in [1.807, 2.05) is 0 Å². The summed E-state index contributed by atoms with van der Waals surface area (Å²) < 4.78 is 18.9. The van der Waals surface area contributed by atoms with Gasteiger partial charge in [-0.15, -0.1) is 0 Å². The van der Waals surface area contributed by atoms with Gasteiger partial charge in [0.05, 0.1) is 13.2 Å². The largest absolute Gasteiger partial charge is 0.505 e. The van der Waals surface area contributed by atoms with Gasteiger partial charge in [-0.05, 0) is 15.9 Å². The van der Waals surface area contributed by atoms with Crippen LogP contribution in [0.4, 0.5) is 10.2 Å². The number of halogens is 2. The average Bonchev–Trinajstić information content (AvgIpc) is 2.25. The molecule has 4 nitrogen and oxygen atoms in total. The van der Waals surface area contributed by atoms with E-state index in [-0.39, 0.29) is 16.2 Å². The van der Waals surface area contributed by atoms with Gasteiger partial charge >= 0.3 is 0 Å². The van der Waals surface area contributed by atoms with E-state index in [1.54, 1.807) is 4.90 Å². The molecule has 2 heterocycles. The first-order chi connectivity index (χ1) is 7.18. The van der Waals surface area contributed by atoms with Crippen LogP contribution in [0.15, 0.2) is 10.7 Å². The maximum Gasteiger partial charge on any atom is 0.169 e. The van der Waals surface area contributed by atoms with E-state index in [0.29, 0.717) is 26.3 Å². The van der Waals surface area contributed by atoms with E-state index in [0.717, 1.165) is 6.07 Å². The van der Waals surface area contributed by atoms with Crippen molar-refractivity contribution in [3.8, 4) is 5.75 Å². The van der Waals surface area contributed by atoms with Crippen LogP contribution in [0.3, 0.4) is 0 Å². The molecule has 1 saturated heterocycles. The molecule has 15 heavy (non-hydrogen) atoms. The van der Waals surface area contributed by atoms with Crippen molar-refractivity contribution < 1.29 is 14.2 Å². The van der Waals surface area contributed by atoms with Gasteiger partial charge in [-0.1, -0.05) is 0 Å². The highest BCUT2D eigenvalue weighted by molar-refractivity contribution is 9.10. The number of ether oxygens (including phenoxy) is 1. The van der Waals surface area contributed by atoms with E-state index in [9.17, 15) is 9.50 Å². The Hall–Kier alpha value is -0.880. The molecule has 0 bridgehead atoms. The van der Waals surface area contributed by atoms with E-state index in [4.69, 9.17) is 4.74 Å². The molecule has 1 aliphatic heterocycles. The fourth-order valence-corrected chi connectivity index (χ4v) is 1.73. The zero-order valence-corrected chi connectivity index (χ0v) is 9.50. The predicted octanol–water partition coefficient (Wildman–Crippen LogP) is 1.53. The lowest BCUT2D eigenvalue weighted by molar-refractivity contribution is 0.122. The Kier molecular flexibility index (Phi) is 3.06. The van der Waals surface area contributed by atoms with Crippen molar-refractivity contribution >= 4 is 21.7 Å². The molecule has 1 fully saturated rings. The summed E-state index contributed by atoms with van der Waals surface area (Å²) in [6, 6.07) is 1.06. The van der Waals surface area contributed by atoms with Crippen LogP contribution in [-0.4, -0.2) is 36.4 Å². The number of aromatic nitrogens is 1. The molecule has 0 aliphatic carbocycles. The van der Waals surface area contributed by atoms with Crippen LogP contribution in [0, 0.1) is 5.82 Å². The van der Waals surface area contributed by atoms with E-state index >= 15 is 0 Å². The molecule has 0 unspecified atom stereocenters. The maximum atomic E-state index is 13.5. The number of pyridine rings is 1. The van der Waals surface area contributed by atoms with Crippen LogP contribution < -0.4 is 4.90 Å². The quantitative estimate of drug-likeness (QED) is 0.791. The Morgan fingerprint density at radius 1 is 1.47 bits per heavy atom. The fourth-order valence-electron chi connectivity index (χ4n) is 1.44. The monoisotopic (exact) mass is 276 g/mol. The lowest BCUT2D eigenvalue weighted by Crippen LogP contribution is -2.37. The molecule has 1 aliphatic rings. The van der Waals surface area contributed by atoms with Crippen molar-refractivity contribution in [1.82, 2.24) is 4.98 Å². The van der Waals surface area contributed by atoms with Gasteiger partial charge in [0, 0.05) is 19.2 Å². The normalized spacial score (nSPS) is 16.8. The van der Waals surface area contributed by atoms with E-state index < -0.39 is 5.82 Å². The third-order valence-corrected chi connectivity index (χ3v) is 2.79. The second-order valence-corrected chi connectivity index (χ2v) is 3.95. The predicted molar refractivity (Wildman–Crippen MR) is 56.6 cm³/mol. The topological polar surface area (TPSA) is 45.6 Å². The third-order valence-electron chi connectivity index (χ3n) is 2.20. The molecule has 0 atom stereocenters. The molecule has 82 valence electrons. The number of hydrogen-bond acceptors (Lipinski definition) is 4. The van der Waals surface area contributed by atoms with Gasteiger partial charge in [0.25, 0.3) is 0 Å². The number of hydrogen-bond donors (Lipinski definition) is 1. The Morgan fingerprint density at radius 2 is 2.13 bits per heavy atom. The Balaban J connectivity index is 2.30. The summed E-state index contributed by atoms with van der Waals surface area (Å²) >= 11 is 3.06. The van der Waals surface area contributed by atoms with Crippen LogP contribution in [0.5, 0.6) is 5.75 Å². The number of rotatable bonds is 1. The summed E-state index contributed by atoms with van der Waals surface area (Å²) in [6.45, 7) is 2.36. The molecular weight excluding hydrogens is 267 g/mol. The van der Waals surface area contributed by atoms with Gasteiger partial charge in [-0.3, -0.25) is 0 Å². The first kappa shape index (κ1) is 10.6. The van der Waals surface area contributed by atoms with Crippen molar-refractivity contribution in [1.29, 1.82) is 0 Å². The lowest BCUT2D eigenvalue weighted by Gasteiger charge is -2.28. The Labute approximate surface area is 94.8 Å². The minimum absolute atomic E-state index is 0.190. The SMILES string of the molecule is Oc1cc(F)c(N2CCOCC2)nc1Br. The van der Waals surface area contributed by atoms with Crippen molar-refractivity contribution in [2.75, 3.05) is 31.2 Å². The van der Waals surface area contributed by atoms with Crippen molar-refractivity contribution in [3.63, 3.8) is 0 Å².